The van der Waals surface area contributed by atoms with Crippen LogP contribution in [-0.2, 0) is 13.2 Å². The number of benzene rings is 2. The summed E-state index contributed by atoms with van der Waals surface area (Å²) < 4.78 is 5.89. The lowest BCUT2D eigenvalue weighted by atomic mass is 9.97. The van der Waals surface area contributed by atoms with Crippen molar-refractivity contribution in [2.24, 2.45) is 0 Å². The van der Waals surface area contributed by atoms with Crippen molar-refractivity contribution in [3.8, 4) is 5.75 Å². The Balaban J connectivity index is 1.42. The molecule has 0 saturated heterocycles. The van der Waals surface area contributed by atoms with Gasteiger partial charge < -0.3 is 10.1 Å². The summed E-state index contributed by atoms with van der Waals surface area (Å²) >= 11 is 5.91. The van der Waals surface area contributed by atoms with Crippen LogP contribution < -0.4 is 10.1 Å². The van der Waals surface area contributed by atoms with Crippen LogP contribution in [0.25, 0.3) is 0 Å². The summed E-state index contributed by atoms with van der Waals surface area (Å²) in [6.07, 6.45) is 8.87. The number of nitrogens with one attached hydrogen (secondary N) is 1. The van der Waals surface area contributed by atoms with Crippen molar-refractivity contribution in [3.63, 3.8) is 0 Å². The molecule has 0 spiro atoms. The van der Waals surface area contributed by atoms with Crippen LogP contribution in [0.1, 0.15) is 43.2 Å². The summed E-state index contributed by atoms with van der Waals surface area (Å²) in [5.41, 5.74) is 4.00. The zero-order valence-electron chi connectivity index (χ0n) is 14.6. The predicted molar refractivity (Wildman–Crippen MR) is 105 cm³/mol. The number of hydrogen-bond donors (Lipinski definition) is 1. The maximum Gasteiger partial charge on any atom is 0.120 e. The van der Waals surface area contributed by atoms with Gasteiger partial charge in [-0.05, 0) is 74.0 Å². The third-order valence-corrected chi connectivity index (χ3v) is 4.81. The van der Waals surface area contributed by atoms with Crippen molar-refractivity contribution in [2.45, 2.75) is 45.3 Å². The molecule has 0 saturated carbocycles. The van der Waals surface area contributed by atoms with Gasteiger partial charge in [-0.2, -0.15) is 0 Å². The predicted octanol–water partition coefficient (Wildman–Crippen LogP) is 5.90. The SMILES string of the molecule is Clc1ccc(COc2cccc(CNCCC3=CCCCC3)c2)cc1. The Morgan fingerprint density at radius 2 is 1.88 bits per heavy atom. The van der Waals surface area contributed by atoms with Gasteiger partial charge in [0.1, 0.15) is 12.4 Å². The maximum absolute atomic E-state index is 5.91. The molecule has 0 heterocycles. The van der Waals surface area contributed by atoms with Gasteiger partial charge in [0.15, 0.2) is 0 Å². The molecule has 0 atom stereocenters. The lowest BCUT2D eigenvalue weighted by Crippen LogP contribution is -2.15. The first-order valence-corrected chi connectivity index (χ1v) is 9.52. The van der Waals surface area contributed by atoms with E-state index in [-0.39, 0.29) is 0 Å². The van der Waals surface area contributed by atoms with E-state index in [0.717, 1.165) is 29.4 Å². The van der Waals surface area contributed by atoms with Crippen LogP contribution in [0.15, 0.2) is 60.2 Å². The minimum absolute atomic E-state index is 0.558. The molecule has 1 N–H and O–H groups in total. The van der Waals surface area contributed by atoms with E-state index in [9.17, 15) is 0 Å². The third-order valence-electron chi connectivity index (χ3n) is 4.55. The van der Waals surface area contributed by atoms with Crippen molar-refractivity contribution in [3.05, 3.63) is 76.3 Å². The number of ether oxygens (including phenoxy) is 1. The highest BCUT2D eigenvalue weighted by atomic mass is 35.5. The molecule has 2 nitrogen and oxygen atoms in total. The third kappa shape index (κ3) is 6.22. The van der Waals surface area contributed by atoms with Crippen LogP contribution in [0.2, 0.25) is 5.02 Å². The Morgan fingerprint density at radius 1 is 1.00 bits per heavy atom. The Labute approximate surface area is 155 Å². The summed E-state index contributed by atoms with van der Waals surface area (Å²) in [4.78, 5) is 0. The summed E-state index contributed by atoms with van der Waals surface area (Å²) in [6, 6.07) is 16.1. The minimum Gasteiger partial charge on any atom is -0.489 e. The van der Waals surface area contributed by atoms with Crippen molar-refractivity contribution in [1.29, 1.82) is 0 Å². The quantitative estimate of drug-likeness (QED) is 0.470. The van der Waals surface area contributed by atoms with Gasteiger partial charge in [-0.1, -0.05) is 47.5 Å². The number of rotatable bonds is 8. The smallest absolute Gasteiger partial charge is 0.120 e. The largest absolute Gasteiger partial charge is 0.489 e. The van der Waals surface area contributed by atoms with E-state index in [1.165, 1.54) is 37.7 Å². The molecular weight excluding hydrogens is 330 g/mol. The highest BCUT2D eigenvalue weighted by Crippen LogP contribution is 2.20. The van der Waals surface area contributed by atoms with E-state index in [4.69, 9.17) is 16.3 Å². The van der Waals surface area contributed by atoms with E-state index < -0.39 is 0 Å². The van der Waals surface area contributed by atoms with Gasteiger partial charge in [-0.15, -0.1) is 0 Å². The second-order valence-electron chi connectivity index (χ2n) is 6.60. The van der Waals surface area contributed by atoms with Crippen LogP contribution in [-0.4, -0.2) is 6.54 Å². The first-order valence-electron chi connectivity index (χ1n) is 9.14. The second kappa shape index (κ2) is 9.65. The first kappa shape index (κ1) is 18.0. The Hall–Kier alpha value is -1.77. The fourth-order valence-electron chi connectivity index (χ4n) is 3.11. The fraction of sp³-hybridized carbons (Fsp3) is 0.364. The monoisotopic (exact) mass is 355 g/mol. The summed E-state index contributed by atoms with van der Waals surface area (Å²) in [6.45, 7) is 2.48. The molecule has 25 heavy (non-hydrogen) atoms. The molecule has 3 rings (SSSR count). The van der Waals surface area contributed by atoms with Gasteiger partial charge >= 0.3 is 0 Å². The van der Waals surface area contributed by atoms with Gasteiger partial charge in [0.05, 0.1) is 0 Å². The molecule has 3 heteroatoms. The zero-order valence-corrected chi connectivity index (χ0v) is 15.4. The Bertz CT molecular complexity index is 693. The van der Waals surface area contributed by atoms with Crippen molar-refractivity contribution >= 4 is 11.6 Å². The normalized spacial score (nSPS) is 14.2. The molecule has 0 bridgehead atoms. The average Bonchev–Trinajstić information content (AvgIpc) is 2.66. The lowest BCUT2D eigenvalue weighted by molar-refractivity contribution is 0.306. The molecule has 0 unspecified atom stereocenters. The maximum atomic E-state index is 5.91. The van der Waals surface area contributed by atoms with E-state index in [2.05, 4.69) is 29.6 Å². The molecule has 2 aromatic rings. The Morgan fingerprint density at radius 3 is 2.68 bits per heavy atom. The van der Waals surface area contributed by atoms with Crippen LogP contribution in [0.5, 0.6) is 5.75 Å². The average molecular weight is 356 g/mol. The number of hydrogen-bond acceptors (Lipinski definition) is 2. The van der Waals surface area contributed by atoms with Gasteiger partial charge in [0.25, 0.3) is 0 Å². The van der Waals surface area contributed by atoms with Crippen LogP contribution in [0.4, 0.5) is 0 Å². The topological polar surface area (TPSA) is 21.3 Å². The van der Waals surface area contributed by atoms with E-state index >= 15 is 0 Å². The second-order valence-corrected chi connectivity index (χ2v) is 7.03. The van der Waals surface area contributed by atoms with Crippen molar-refractivity contribution in [1.82, 2.24) is 5.32 Å². The molecule has 2 aromatic carbocycles. The van der Waals surface area contributed by atoms with Gasteiger partial charge in [-0.3, -0.25) is 0 Å². The number of allylic oxidation sites excluding steroid dienone is 1. The van der Waals surface area contributed by atoms with E-state index in [0.29, 0.717) is 6.61 Å². The number of halogens is 1. The van der Waals surface area contributed by atoms with Crippen LogP contribution in [0, 0.1) is 0 Å². The first-order chi connectivity index (χ1) is 12.3. The molecule has 1 aliphatic rings. The Kier molecular flexibility index (Phi) is 6.96. The highest BCUT2D eigenvalue weighted by Gasteiger charge is 2.03. The van der Waals surface area contributed by atoms with Gasteiger partial charge in [0, 0.05) is 11.6 Å². The molecule has 0 fully saturated rings. The molecular formula is C22H26ClNO. The summed E-state index contributed by atoms with van der Waals surface area (Å²) in [5, 5.41) is 4.30. The van der Waals surface area contributed by atoms with Crippen molar-refractivity contribution < 1.29 is 4.74 Å². The van der Waals surface area contributed by atoms with E-state index in [1.807, 2.05) is 30.3 Å². The molecule has 0 aliphatic heterocycles. The zero-order chi connectivity index (χ0) is 17.3. The van der Waals surface area contributed by atoms with Gasteiger partial charge in [0.2, 0.25) is 0 Å². The van der Waals surface area contributed by atoms with Crippen molar-refractivity contribution in [2.75, 3.05) is 6.54 Å². The summed E-state index contributed by atoms with van der Waals surface area (Å²) in [5.74, 6) is 0.907. The standard InChI is InChI=1S/C22H26ClNO/c23-21-11-9-19(10-12-21)17-25-22-8-4-7-20(15-22)16-24-14-13-18-5-2-1-3-6-18/h4-5,7-12,15,24H,1-3,6,13-14,16-17H2. The lowest BCUT2D eigenvalue weighted by Gasteiger charge is -2.13. The van der Waals surface area contributed by atoms with Gasteiger partial charge in [-0.25, -0.2) is 0 Å². The molecule has 0 aromatic heterocycles. The molecule has 0 radical (unpaired) electrons. The minimum atomic E-state index is 0.558. The summed E-state index contributed by atoms with van der Waals surface area (Å²) in [7, 11) is 0. The van der Waals surface area contributed by atoms with E-state index in [1.54, 1.807) is 5.57 Å². The molecule has 132 valence electrons. The van der Waals surface area contributed by atoms with Crippen LogP contribution in [0.3, 0.4) is 0 Å². The fourth-order valence-corrected chi connectivity index (χ4v) is 3.23. The highest BCUT2D eigenvalue weighted by molar-refractivity contribution is 6.30. The van der Waals surface area contributed by atoms with Crippen LogP contribution >= 0.6 is 11.6 Å². The molecule has 0 amide bonds. The molecule has 1 aliphatic carbocycles.